The standard InChI is InChI=1S/C38H57N3O6S/c1-10-11-12-13-17-23-41(34(43)31(25-48)40-36(45)47-38(7,8)9)32(29-22-18-19-26(2)27(29)3)33(42)39-30(35(44)46-37(4,5)6)24-28-20-15-14-16-21-28/h14-16,18-22,30-32,48H,10-13,17,23-25H2,1-9H3,(H,39,42)(H,40,45). The normalized spacial score (nSPS) is 13.5. The Balaban J connectivity index is 2.63. The van der Waals surface area contributed by atoms with E-state index in [-0.39, 0.29) is 18.7 Å². The third-order valence-electron chi connectivity index (χ3n) is 7.75. The highest BCUT2D eigenvalue weighted by atomic mass is 32.1. The van der Waals surface area contributed by atoms with Gasteiger partial charge < -0.3 is 25.0 Å². The van der Waals surface area contributed by atoms with Gasteiger partial charge in [-0.1, -0.05) is 81.1 Å². The zero-order valence-corrected chi connectivity index (χ0v) is 31.2. The first-order valence-corrected chi connectivity index (χ1v) is 17.6. The van der Waals surface area contributed by atoms with Gasteiger partial charge in [0.25, 0.3) is 0 Å². The summed E-state index contributed by atoms with van der Waals surface area (Å²) in [5.41, 5.74) is 1.72. The number of esters is 1. The molecule has 0 aliphatic rings. The van der Waals surface area contributed by atoms with Crippen LogP contribution < -0.4 is 10.6 Å². The minimum atomic E-state index is -1.10. The van der Waals surface area contributed by atoms with E-state index in [1.54, 1.807) is 41.5 Å². The summed E-state index contributed by atoms with van der Waals surface area (Å²) in [6, 6.07) is 11.8. The lowest BCUT2D eigenvalue weighted by Gasteiger charge is -2.36. The molecule has 0 radical (unpaired) electrons. The van der Waals surface area contributed by atoms with E-state index in [1.807, 2.05) is 62.4 Å². The number of amides is 3. The van der Waals surface area contributed by atoms with E-state index in [0.29, 0.717) is 12.0 Å². The second kappa shape index (κ2) is 18.9. The van der Waals surface area contributed by atoms with Crippen LogP contribution in [0.1, 0.15) is 109 Å². The maximum atomic E-state index is 14.6. The van der Waals surface area contributed by atoms with Crippen LogP contribution in [0.3, 0.4) is 0 Å². The molecule has 3 unspecified atom stereocenters. The van der Waals surface area contributed by atoms with Crippen LogP contribution in [0, 0.1) is 13.8 Å². The van der Waals surface area contributed by atoms with Crippen LogP contribution in [0.5, 0.6) is 0 Å². The Bertz CT molecular complexity index is 1350. The van der Waals surface area contributed by atoms with E-state index in [1.165, 1.54) is 4.90 Å². The Labute approximate surface area is 293 Å². The molecule has 0 heterocycles. The average Bonchev–Trinajstić information content (AvgIpc) is 2.99. The van der Waals surface area contributed by atoms with Crippen molar-refractivity contribution in [2.75, 3.05) is 12.3 Å². The van der Waals surface area contributed by atoms with Gasteiger partial charge in [0.15, 0.2) is 0 Å². The molecule has 0 aromatic heterocycles. The number of nitrogens with one attached hydrogen (secondary N) is 2. The molecule has 2 rings (SSSR count). The number of carbonyl (C=O) groups excluding carboxylic acids is 4. The van der Waals surface area contributed by atoms with Gasteiger partial charge in [0, 0.05) is 18.7 Å². The van der Waals surface area contributed by atoms with Crippen LogP contribution in [-0.4, -0.2) is 64.4 Å². The summed E-state index contributed by atoms with van der Waals surface area (Å²) in [7, 11) is 0. The number of thiol groups is 1. The minimum absolute atomic E-state index is 0.0138. The number of unbranched alkanes of at least 4 members (excludes halogenated alkanes) is 4. The topological polar surface area (TPSA) is 114 Å². The van der Waals surface area contributed by atoms with Gasteiger partial charge >= 0.3 is 12.1 Å². The summed E-state index contributed by atoms with van der Waals surface area (Å²) in [5, 5.41) is 5.64. The maximum absolute atomic E-state index is 14.6. The van der Waals surface area contributed by atoms with Crippen LogP contribution in [0.15, 0.2) is 48.5 Å². The molecule has 0 aliphatic heterocycles. The van der Waals surface area contributed by atoms with Gasteiger partial charge in [0.2, 0.25) is 11.8 Å². The highest BCUT2D eigenvalue weighted by Crippen LogP contribution is 2.29. The Kier molecular flexibility index (Phi) is 16.0. The lowest BCUT2D eigenvalue weighted by atomic mass is 9.94. The Morgan fingerprint density at radius 3 is 2.00 bits per heavy atom. The van der Waals surface area contributed by atoms with E-state index < -0.39 is 53.2 Å². The van der Waals surface area contributed by atoms with Crippen molar-refractivity contribution in [2.45, 2.75) is 130 Å². The molecule has 266 valence electrons. The molecule has 10 heteroatoms. The zero-order valence-electron chi connectivity index (χ0n) is 30.4. The number of carbonyl (C=O) groups is 4. The number of hydrogen-bond acceptors (Lipinski definition) is 7. The second-order valence-corrected chi connectivity index (χ2v) is 14.7. The minimum Gasteiger partial charge on any atom is -0.458 e. The first kappa shape index (κ1) is 40.6. The number of rotatable bonds is 16. The SMILES string of the molecule is CCCCCCCN(C(=O)C(CS)NC(=O)OC(C)(C)C)C(C(=O)NC(Cc1ccccc1)C(=O)OC(C)(C)C)c1cccc(C)c1C. The number of alkyl carbamates (subject to hydrolysis) is 1. The van der Waals surface area contributed by atoms with Crippen molar-refractivity contribution in [2.24, 2.45) is 0 Å². The van der Waals surface area contributed by atoms with Crippen molar-refractivity contribution < 1.29 is 28.7 Å². The van der Waals surface area contributed by atoms with Crippen LogP contribution in [-0.2, 0) is 30.3 Å². The van der Waals surface area contributed by atoms with Crippen molar-refractivity contribution >= 4 is 36.5 Å². The first-order chi connectivity index (χ1) is 22.5. The van der Waals surface area contributed by atoms with E-state index in [9.17, 15) is 19.2 Å². The molecule has 0 spiro atoms. The van der Waals surface area contributed by atoms with Gasteiger partial charge in [0.05, 0.1) is 0 Å². The summed E-state index contributed by atoms with van der Waals surface area (Å²) in [5.74, 6) is -1.58. The van der Waals surface area contributed by atoms with Gasteiger partial charge in [-0.2, -0.15) is 12.6 Å². The number of nitrogens with zero attached hydrogens (tertiary/aromatic N) is 1. The number of benzene rings is 2. The van der Waals surface area contributed by atoms with Crippen molar-refractivity contribution in [3.05, 3.63) is 70.8 Å². The van der Waals surface area contributed by atoms with E-state index in [2.05, 4.69) is 30.2 Å². The summed E-state index contributed by atoms with van der Waals surface area (Å²) >= 11 is 4.41. The molecule has 2 N–H and O–H groups in total. The van der Waals surface area contributed by atoms with E-state index in [0.717, 1.165) is 42.4 Å². The molecule has 48 heavy (non-hydrogen) atoms. The number of aryl methyl sites for hydroxylation is 1. The summed E-state index contributed by atoms with van der Waals surface area (Å²) in [6.07, 6.45) is 4.06. The largest absolute Gasteiger partial charge is 0.458 e. The number of ether oxygens (including phenoxy) is 2. The monoisotopic (exact) mass is 683 g/mol. The highest BCUT2D eigenvalue weighted by molar-refractivity contribution is 7.80. The quantitative estimate of drug-likeness (QED) is 0.0995. The summed E-state index contributed by atoms with van der Waals surface area (Å²) < 4.78 is 11.2. The molecule has 0 saturated carbocycles. The molecule has 9 nitrogen and oxygen atoms in total. The molecule has 0 saturated heterocycles. The smallest absolute Gasteiger partial charge is 0.408 e. The van der Waals surface area contributed by atoms with Crippen LogP contribution >= 0.6 is 12.6 Å². The Morgan fingerprint density at radius 2 is 1.42 bits per heavy atom. The zero-order chi connectivity index (χ0) is 36.1. The van der Waals surface area contributed by atoms with Crippen LogP contribution in [0.25, 0.3) is 0 Å². The predicted molar refractivity (Wildman–Crippen MR) is 194 cm³/mol. The van der Waals surface area contributed by atoms with Gasteiger partial charge in [-0.3, -0.25) is 9.59 Å². The maximum Gasteiger partial charge on any atom is 0.408 e. The lowest BCUT2D eigenvalue weighted by Crippen LogP contribution is -2.55. The summed E-state index contributed by atoms with van der Waals surface area (Å²) in [4.78, 5) is 57.0. The summed E-state index contributed by atoms with van der Waals surface area (Å²) in [6.45, 7) is 16.8. The molecule has 2 aromatic rings. The third kappa shape index (κ3) is 13.5. The average molecular weight is 684 g/mol. The van der Waals surface area contributed by atoms with Gasteiger partial charge in [0.1, 0.15) is 29.3 Å². The molecule has 0 fully saturated rings. The van der Waals surface area contributed by atoms with Crippen molar-refractivity contribution in [3.8, 4) is 0 Å². The van der Waals surface area contributed by atoms with Gasteiger partial charge in [-0.25, -0.2) is 9.59 Å². The fourth-order valence-electron chi connectivity index (χ4n) is 5.28. The Hall–Kier alpha value is -3.53. The van der Waals surface area contributed by atoms with E-state index in [4.69, 9.17) is 9.47 Å². The molecular formula is C38H57N3O6S. The molecule has 3 amide bonds. The van der Waals surface area contributed by atoms with Crippen LogP contribution in [0.4, 0.5) is 4.79 Å². The van der Waals surface area contributed by atoms with Crippen molar-refractivity contribution in [3.63, 3.8) is 0 Å². The van der Waals surface area contributed by atoms with E-state index >= 15 is 0 Å². The fourth-order valence-corrected chi connectivity index (χ4v) is 5.52. The van der Waals surface area contributed by atoms with Crippen LogP contribution in [0.2, 0.25) is 0 Å². The predicted octanol–water partition coefficient (Wildman–Crippen LogP) is 7.04. The highest BCUT2D eigenvalue weighted by Gasteiger charge is 2.38. The van der Waals surface area contributed by atoms with Crippen molar-refractivity contribution in [1.29, 1.82) is 0 Å². The molecular weight excluding hydrogens is 627 g/mol. The van der Waals surface area contributed by atoms with Crippen molar-refractivity contribution in [1.82, 2.24) is 15.5 Å². The fraction of sp³-hybridized carbons (Fsp3) is 0.579. The van der Waals surface area contributed by atoms with Gasteiger partial charge in [-0.05, 0) is 84.1 Å². The first-order valence-electron chi connectivity index (χ1n) is 17.0. The molecule has 0 aliphatic carbocycles. The third-order valence-corrected chi connectivity index (χ3v) is 8.11. The van der Waals surface area contributed by atoms with Gasteiger partial charge in [-0.15, -0.1) is 0 Å². The second-order valence-electron chi connectivity index (χ2n) is 14.3. The number of hydrogen-bond donors (Lipinski definition) is 3. The Morgan fingerprint density at radius 1 is 0.792 bits per heavy atom. The molecule has 3 atom stereocenters. The molecule has 0 bridgehead atoms. The lowest BCUT2D eigenvalue weighted by molar-refractivity contribution is -0.159. The molecule has 2 aromatic carbocycles.